The minimum absolute atomic E-state index is 0.273. The molecule has 1 aliphatic carbocycles. The van der Waals surface area contributed by atoms with Gasteiger partial charge >= 0.3 is 5.97 Å². The van der Waals surface area contributed by atoms with Crippen molar-refractivity contribution < 1.29 is 9.53 Å². The highest BCUT2D eigenvalue weighted by molar-refractivity contribution is 5.81. The molecule has 1 unspecified atom stereocenters. The topological polar surface area (TPSA) is 55.6 Å². The molecule has 4 heteroatoms. The molecule has 16 heavy (non-hydrogen) atoms. The third kappa shape index (κ3) is 3.19. The molecule has 0 aromatic carbocycles. The van der Waals surface area contributed by atoms with E-state index in [4.69, 9.17) is 10.5 Å². The van der Waals surface area contributed by atoms with Crippen LogP contribution in [0.1, 0.15) is 26.7 Å². The molecule has 4 nitrogen and oxygen atoms in total. The lowest BCUT2D eigenvalue weighted by atomic mass is 9.93. The second kappa shape index (κ2) is 5.15. The number of hydrogen-bond donors (Lipinski definition) is 1. The Labute approximate surface area is 98.1 Å². The summed E-state index contributed by atoms with van der Waals surface area (Å²) >= 11 is 0. The number of hydrogen-bond acceptors (Lipinski definition) is 4. The molecule has 1 fully saturated rings. The molecule has 0 amide bonds. The second-order valence-corrected chi connectivity index (χ2v) is 5.40. The Morgan fingerprint density at radius 3 is 2.50 bits per heavy atom. The van der Waals surface area contributed by atoms with Gasteiger partial charge in [-0.05, 0) is 31.7 Å². The van der Waals surface area contributed by atoms with Gasteiger partial charge in [0.2, 0.25) is 0 Å². The number of likely N-dealkylation sites (N-methyl/N-ethyl adjacent to an activating group) is 1. The molecule has 0 heterocycles. The van der Waals surface area contributed by atoms with Gasteiger partial charge in [-0.2, -0.15) is 0 Å². The van der Waals surface area contributed by atoms with Gasteiger partial charge in [-0.25, -0.2) is 0 Å². The lowest BCUT2D eigenvalue weighted by Crippen LogP contribution is -2.58. The van der Waals surface area contributed by atoms with Crippen molar-refractivity contribution in [2.24, 2.45) is 17.6 Å². The first-order chi connectivity index (χ1) is 7.40. The summed E-state index contributed by atoms with van der Waals surface area (Å²) in [5, 5.41) is 0. The van der Waals surface area contributed by atoms with Gasteiger partial charge in [0.05, 0.1) is 7.11 Å². The van der Waals surface area contributed by atoms with E-state index in [1.165, 1.54) is 7.11 Å². The molecule has 0 bridgehead atoms. The predicted octanol–water partition coefficient (Wildman–Crippen LogP) is 0.855. The van der Waals surface area contributed by atoms with Crippen LogP contribution in [-0.4, -0.2) is 43.7 Å². The van der Waals surface area contributed by atoms with Crippen molar-refractivity contribution >= 4 is 5.97 Å². The first-order valence-electron chi connectivity index (χ1n) is 5.96. The van der Waals surface area contributed by atoms with E-state index < -0.39 is 5.54 Å². The van der Waals surface area contributed by atoms with E-state index in [-0.39, 0.29) is 5.97 Å². The molecular formula is C12H24N2O2. The minimum atomic E-state index is -0.807. The van der Waals surface area contributed by atoms with Gasteiger partial charge in [-0.3, -0.25) is 4.79 Å². The molecule has 94 valence electrons. The summed E-state index contributed by atoms with van der Waals surface area (Å²) < 4.78 is 4.83. The fraction of sp³-hybridized carbons (Fsp3) is 0.917. The zero-order valence-electron chi connectivity index (χ0n) is 10.8. The predicted molar refractivity (Wildman–Crippen MR) is 64.0 cm³/mol. The summed E-state index contributed by atoms with van der Waals surface area (Å²) in [7, 11) is 3.42. The second-order valence-electron chi connectivity index (χ2n) is 5.40. The molecule has 0 spiro atoms. The lowest BCUT2D eigenvalue weighted by molar-refractivity contribution is -0.148. The van der Waals surface area contributed by atoms with Gasteiger partial charge in [0.1, 0.15) is 5.54 Å². The maximum atomic E-state index is 11.8. The van der Waals surface area contributed by atoms with E-state index in [2.05, 4.69) is 18.7 Å². The minimum Gasteiger partial charge on any atom is -0.468 e. The fourth-order valence-electron chi connectivity index (χ4n) is 2.28. The van der Waals surface area contributed by atoms with Crippen molar-refractivity contribution in [3.8, 4) is 0 Å². The number of nitrogens with two attached hydrogens (primary N) is 1. The summed E-state index contributed by atoms with van der Waals surface area (Å²) in [6, 6.07) is 0. The van der Waals surface area contributed by atoms with Crippen LogP contribution in [0.3, 0.4) is 0 Å². The average molecular weight is 228 g/mol. The molecule has 0 aromatic heterocycles. The number of carbonyl (C=O) groups is 1. The Morgan fingerprint density at radius 2 is 2.12 bits per heavy atom. The summed E-state index contributed by atoms with van der Waals surface area (Å²) in [4.78, 5) is 13.9. The van der Waals surface area contributed by atoms with Gasteiger partial charge in [0.15, 0.2) is 0 Å². The van der Waals surface area contributed by atoms with E-state index in [1.54, 1.807) is 0 Å². The Balaban J connectivity index is 2.60. The number of ether oxygens (including phenoxy) is 1. The monoisotopic (exact) mass is 228 g/mol. The molecule has 0 aliphatic heterocycles. The summed E-state index contributed by atoms with van der Waals surface area (Å²) in [6.07, 6.45) is 2.09. The molecule has 0 aromatic rings. The quantitative estimate of drug-likeness (QED) is 0.685. The average Bonchev–Trinajstić information content (AvgIpc) is 2.97. The van der Waals surface area contributed by atoms with E-state index in [9.17, 15) is 4.79 Å². The highest BCUT2D eigenvalue weighted by Gasteiger charge is 2.49. The Bertz CT molecular complexity index is 251. The van der Waals surface area contributed by atoms with Crippen LogP contribution in [0.15, 0.2) is 0 Å². The zero-order chi connectivity index (χ0) is 12.3. The summed E-state index contributed by atoms with van der Waals surface area (Å²) in [6.45, 7) is 5.85. The molecule has 0 saturated heterocycles. The van der Waals surface area contributed by atoms with Crippen molar-refractivity contribution in [3.05, 3.63) is 0 Å². The van der Waals surface area contributed by atoms with Gasteiger partial charge in [-0.15, -0.1) is 0 Å². The number of esters is 1. The molecule has 2 N–H and O–H groups in total. The van der Waals surface area contributed by atoms with E-state index in [0.29, 0.717) is 18.4 Å². The summed E-state index contributed by atoms with van der Waals surface area (Å²) in [5.41, 5.74) is 5.41. The smallest absolute Gasteiger partial charge is 0.327 e. The fourth-order valence-corrected chi connectivity index (χ4v) is 2.28. The normalized spacial score (nSPS) is 19.9. The van der Waals surface area contributed by atoms with Crippen molar-refractivity contribution in [2.45, 2.75) is 32.2 Å². The maximum Gasteiger partial charge on any atom is 0.327 e. The molecular weight excluding hydrogens is 204 g/mol. The number of nitrogens with zero attached hydrogens (tertiary/aromatic N) is 1. The zero-order valence-corrected chi connectivity index (χ0v) is 10.8. The first-order valence-corrected chi connectivity index (χ1v) is 5.96. The highest BCUT2D eigenvalue weighted by atomic mass is 16.5. The molecule has 0 radical (unpaired) electrons. The highest BCUT2D eigenvalue weighted by Crippen LogP contribution is 2.39. The number of methoxy groups -OCH3 is 1. The van der Waals surface area contributed by atoms with Crippen molar-refractivity contribution in [1.29, 1.82) is 0 Å². The Morgan fingerprint density at radius 1 is 1.56 bits per heavy atom. The number of rotatable bonds is 6. The van der Waals surface area contributed by atoms with E-state index in [1.807, 2.05) is 7.05 Å². The van der Waals surface area contributed by atoms with Gasteiger partial charge in [-0.1, -0.05) is 13.8 Å². The third-order valence-corrected chi connectivity index (χ3v) is 3.08. The Hall–Kier alpha value is -0.610. The molecule has 1 rings (SSSR count). The maximum absolute atomic E-state index is 11.8. The molecule has 1 saturated carbocycles. The van der Waals surface area contributed by atoms with E-state index in [0.717, 1.165) is 19.4 Å². The summed E-state index contributed by atoms with van der Waals surface area (Å²) in [5.74, 6) is 0.603. The van der Waals surface area contributed by atoms with Crippen LogP contribution in [0.25, 0.3) is 0 Å². The van der Waals surface area contributed by atoms with Gasteiger partial charge in [0, 0.05) is 13.1 Å². The van der Waals surface area contributed by atoms with Gasteiger partial charge in [0.25, 0.3) is 0 Å². The SMILES string of the molecule is COC(=O)C(N)(CN(C)CC(C)C)C1CC1. The lowest BCUT2D eigenvalue weighted by Gasteiger charge is -2.32. The van der Waals surface area contributed by atoms with Crippen LogP contribution >= 0.6 is 0 Å². The first kappa shape index (κ1) is 13.5. The number of carbonyl (C=O) groups excluding carboxylic acids is 1. The van der Waals surface area contributed by atoms with Crippen molar-refractivity contribution in [3.63, 3.8) is 0 Å². The van der Waals surface area contributed by atoms with Crippen LogP contribution in [0, 0.1) is 11.8 Å². The standard InChI is InChI=1S/C12H24N2O2/c1-9(2)7-14(3)8-12(13,10-5-6-10)11(15)16-4/h9-10H,5-8,13H2,1-4H3. The third-order valence-electron chi connectivity index (χ3n) is 3.08. The van der Waals surface area contributed by atoms with Crippen LogP contribution < -0.4 is 5.73 Å². The Kier molecular flexibility index (Phi) is 4.33. The van der Waals surface area contributed by atoms with Crippen LogP contribution in [-0.2, 0) is 9.53 Å². The van der Waals surface area contributed by atoms with E-state index >= 15 is 0 Å². The van der Waals surface area contributed by atoms with Crippen molar-refractivity contribution in [2.75, 3.05) is 27.2 Å². The van der Waals surface area contributed by atoms with Crippen LogP contribution in [0.2, 0.25) is 0 Å². The van der Waals surface area contributed by atoms with Crippen LogP contribution in [0.4, 0.5) is 0 Å². The van der Waals surface area contributed by atoms with Crippen molar-refractivity contribution in [1.82, 2.24) is 4.90 Å². The van der Waals surface area contributed by atoms with Gasteiger partial charge < -0.3 is 15.4 Å². The largest absolute Gasteiger partial charge is 0.468 e. The molecule has 1 aliphatic rings. The molecule has 1 atom stereocenters. The van der Waals surface area contributed by atoms with Crippen LogP contribution in [0.5, 0.6) is 0 Å².